The van der Waals surface area contributed by atoms with Gasteiger partial charge in [-0.1, -0.05) is 118 Å². The van der Waals surface area contributed by atoms with Gasteiger partial charge in [-0.3, -0.25) is 9.59 Å². The maximum Gasteiger partial charge on any atom is 0.338 e. The zero-order valence-electron chi connectivity index (χ0n) is 27.5. The Bertz CT molecular complexity index is 1720. The Balaban J connectivity index is 1.34. The predicted molar refractivity (Wildman–Crippen MR) is 185 cm³/mol. The van der Waals surface area contributed by atoms with Gasteiger partial charge in [0.15, 0.2) is 0 Å². The molecule has 0 aliphatic carbocycles. The number of carbonyl (C=O) groups is 4. The molecule has 2 aliphatic rings. The van der Waals surface area contributed by atoms with Crippen LogP contribution >= 0.6 is 0 Å². The van der Waals surface area contributed by atoms with Gasteiger partial charge in [-0.15, -0.1) is 0 Å². The van der Waals surface area contributed by atoms with E-state index in [1.54, 1.807) is 65.6 Å². The summed E-state index contributed by atoms with van der Waals surface area (Å²) in [6.07, 6.45) is 1.07. The van der Waals surface area contributed by atoms with Crippen LogP contribution in [-0.2, 0) is 14.0 Å². The van der Waals surface area contributed by atoms with E-state index in [1.165, 1.54) is 0 Å². The molecular formula is C39H40N2O6Si. The van der Waals surface area contributed by atoms with Gasteiger partial charge in [0.2, 0.25) is 5.91 Å². The second kappa shape index (κ2) is 13.7. The van der Waals surface area contributed by atoms with Crippen LogP contribution in [0.3, 0.4) is 0 Å². The van der Waals surface area contributed by atoms with E-state index in [9.17, 15) is 19.2 Å². The summed E-state index contributed by atoms with van der Waals surface area (Å²) in [6.45, 7) is 6.53. The number of rotatable bonds is 9. The van der Waals surface area contributed by atoms with E-state index < -0.39 is 50.1 Å². The van der Waals surface area contributed by atoms with E-state index >= 15 is 0 Å². The van der Waals surface area contributed by atoms with Crippen molar-refractivity contribution >= 4 is 42.5 Å². The summed E-state index contributed by atoms with van der Waals surface area (Å²) >= 11 is 0. The summed E-state index contributed by atoms with van der Waals surface area (Å²) in [5.74, 6) is -2.86. The molecule has 2 fully saturated rings. The lowest BCUT2D eigenvalue weighted by Crippen LogP contribution is -2.68. The summed E-state index contributed by atoms with van der Waals surface area (Å²) in [5, 5.41) is 1.95. The topological polar surface area (TPSA) is 93.2 Å². The molecule has 0 aromatic heterocycles. The Morgan fingerprint density at radius 2 is 1.21 bits per heavy atom. The monoisotopic (exact) mass is 660 g/mol. The third-order valence-electron chi connectivity index (χ3n) is 9.50. The number of amides is 4. The number of carbonyl (C=O) groups excluding carboxylic acids is 4. The van der Waals surface area contributed by atoms with Gasteiger partial charge in [-0.25, -0.2) is 9.59 Å². The Labute approximate surface area is 282 Å². The number of nitrogens with zero attached hydrogens (tertiary/aromatic N) is 2. The van der Waals surface area contributed by atoms with Crippen molar-refractivity contribution in [3.05, 3.63) is 132 Å². The first-order chi connectivity index (χ1) is 23.1. The number of urea groups is 1. The normalized spacial score (nSPS) is 19.6. The summed E-state index contributed by atoms with van der Waals surface area (Å²) in [5.41, 5.74) is 0.575. The average Bonchev–Trinajstić information content (AvgIpc) is 3.53. The maximum atomic E-state index is 14.3. The minimum atomic E-state index is -2.94. The molecule has 9 heteroatoms. The zero-order chi connectivity index (χ0) is 33.9. The highest BCUT2D eigenvalue weighted by Gasteiger charge is 2.56. The Kier molecular flexibility index (Phi) is 9.44. The molecular weight excluding hydrogens is 621 g/mol. The molecule has 0 saturated carbocycles. The molecule has 2 saturated heterocycles. The second-order valence-corrected chi connectivity index (χ2v) is 17.7. The fourth-order valence-corrected chi connectivity index (χ4v) is 11.8. The minimum Gasteiger partial charge on any atom is -0.461 e. The highest BCUT2D eigenvalue weighted by atomic mass is 28.4. The van der Waals surface area contributed by atoms with Gasteiger partial charge in [-0.05, 0) is 52.5 Å². The van der Waals surface area contributed by atoms with Crippen molar-refractivity contribution in [3.8, 4) is 0 Å². The molecule has 2 aliphatic heterocycles. The highest BCUT2D eigenvalue weighted by molar-refractivity contribution is 6.99. The van der Waals surface area contributed by atoms with E-state index in [0.717, 1.165) is 15.3 Å². The van der Waals surface area contributed by atoms with Crippen LogP contribution in [0.2, 0.25) is 5.04 Å². The number of hydrogen-bond donors (Lipinski definition) is 0. The number of fused-ring (bicyclic) bond motifs is 1. The smallest absolute Gasteiger partial charge is 0.338 e. The standard InChI is InChI=1S/C39H40N2O6Si/c1-39(2,3)48(31-20-12-6-13-21-31,32-22-14-7-15-23-32)47-26-30-24-25-34-33(27-46-37(44)29-18-10-5-11-19-29)36(43)41(38(45)40(30)34)35(42)28-16-8-4-9-17-28/h4-23,30,33-34H,24-27H2,1-3H3/t30-,33+,34-/m0/s1. The van der Waals surface area contributed by atoms with Gasteiger partial charge in [0, 0.05) is 11.6 Å². The first kappa shape index (κ1) is 33.1. The summed E-state index contributed by atoms with van der Waals surface area (Å²) in [7, 11) is -2.94. The number of ether oxygens (including phenoxy) is 1. The third-order valence-corrected chi connectivity index (χ3v) is 14.5. The van der Waals surface area contributed by atoms with Gasteiger partial charge >= 0.3 is 12.0 Å². The summed E-state index contributed by atoms with van der Waals surface area (Å²) < 4.78 is 12.9. The average molecular weight is 661 g/mol. The first-order valence-electron chi connectivity index (χ1n) is 16.4. The van der Waals surface area contributed by atoms with Crippen LogP contribution in [0.5, 0.6) is 0 Å². The van der Waals surface area contributed by atoms with Crippen molar-refractivity contribution in [3.63, 3.8) is 0 Å². The zero-order valence-corrected chi connectivity index (χ0v) is 28.5. The lowest BCUT2D eigenvalue weighted by Gasteiger charge is -2.45. The highest BCUT2D eigenvalue weighted by Crippen LogP contribution is 2.40. The van der Waals surface area contributed by atoms with E-state index in [4.69, 9.17) is 9.16 Å². The van der Waals surface area contributed by atoms with Crippen LogP contribution in [0.15, 0.2) is 121 Å². The minimum absolute atomic E-state index is 0.216. The van der Waals surface area contributed by atoms with Crippen LogP contribution in [0.4, 0.5) is 4.79 Å². The number of hydrogen-bond acceptors (Lipinski definition) is 6. The molecule has 4 aromatic carbocycles. The molecule has 0 radical (unpaired) electrons. The van der Waals surface area contributed by atoms with Crippen molar-refractivity contribution in [2.75, 3.05) is 13.2 Å². The Hall–Kier alpha value is -4.86. The third kappa shape index (κ3) is 6.11. The predicted octanol–water partition coefficient (Wildman–Crippen LogP) is 5.67. The van der Waals surface area contributed by atoms with Gasteiger partial charge in [0.1, 0.15) is 6.61 Å². The lowest BCUT2D eigenvalue weighted by molar-refractivity contribution is -0.137. The fourth-order valence-electron chi connectivity index (χ4n) is 7.19. The number of imide groups is 3. The van der Waals surface area contributed by atoms with E-state index in [2.05, 4.69) is 45.0 Å². The first-order valence-corrected chi connectivity index (χ1v) is 18.3. The molecule has 4 amide bonds. The van der Waals surface area contributed by atoms with Gasteiger partial charge in [-0.2, -0.15) is 4.90 Å². The number of esters is 1. The van der Waals surface area contributed by atoms with Crippen molar-refractivity contribution in [1.82, 2.24) is 9.80 Å². The Morgan fingerprint density at radius 3 is 1.73 bits per heavy atom. The molecule has 0 unspecified atom stereocenters. The molecule has 48 heavy (non-hydrogen) atoms. The van der Waals surface area contributed by atoms with Crippen LogP contribution in [-0.4, -0.2) is 67.2 Å². The second-order valence-electron chi connectivity index (χ2n) is 13.4. The van der Waals surface area contributed by atoms with Gasteiger partial charge < -0.3 is 14.1 Å². The molecule has 2 heterocycles. The molecule has 0 bridgehead atoms. The van der Waals surface area contributed by atoms with Crippen LogP contribution in [0, 0.1) is 5.92 Å². The van der Waals surface area contributed by atoms with E-state index in [1.807, 2.05) is 36.4 Å². The quantitative estimate of drug-likeness (QED) is 0.131. The molecule has 0 spiro atoms. The maximum absolute atomic E-state index is 14.3. The van der Waals surface area contributed by atoms with E-state index in [-0.39, 0.29) is 23.8 Å². The molecule has 6 rings (SSSR count). The van der Waals surface area contributed by atoms with Gasteiger partial charge in [0.25, 0.3) is 14.2 Å². The van der Waals surface area contributed by atoms with Crippen LogP contribution in [0.25, 0.3) is 0 Å². The van der Waals surface area contributed by atoms with Crippen molar-refractivity contribution in [2.45, 2.75) is 50.7 Å². The summed E-state index contributed by atoms with van der Waals surface area (Å²) in [4.78, 5) is 57.3. The van der Waals surface area contributed by atoms with Crippen LogP contribution < -0.4 is 10.4 Å². The molecule has 8 nitrogen and oxygen atoms in total. The van der Waals surface area contributed by atoms with Crippen molar-refractivity contribution in [1.29, 1.82) is 0 Å². The molecule has 3 atom stereocenters. The van der Waals surface area contributed by atoms with Crippen LogP contribution in [0.1, 0.15) is 54.3 Å². The molecule has 0 N–H and O–H groups in total. The SMILES string of the molecule is CC(C)(C)[Si](OC[C@@H]1CC[C@H]2[C@@H](COC(=O)c3ccccc3)C(=O)N(C(=O)c3ccccc3)C(=O)N12)(c1ccccc1)c1ccccc1. The summed E-state index contributed by atoms with van der Waals surface area (Å²) in [6, 6.07) is 35.7. The Morgan fingerprint density at radius 1 is 0.708 bits per heavy atom. The van der Waals surface area contributed by atoms with Crippen molar-refractivity contribution in [2.24, 2.45) is 5.92 Å². The fraction of sp³-hybridized carbons (Fsp3) is 0.282. The largest absolute Gasteiger partial charge is 0.461 e. The van der Waals surface area contributed by atoms with E-state index in [0.29, 0.717) is 18.4 Å². The molecule has 246 valence electrons. The molecule has 4 aromatic rings. The van der Waals surface area contributed by atoms with Gasteiger partial charge in [0.05, 0.1) is 24.1 Å². The number of benzene rings is 4. The lowest BCUT2D eigenvalue weighted by atomic mass is 9.94. The van der Waals surface area contributed by atoms with Crippen molar-refractivity contribution < 1.29 is 28.3 Å².